The second kappa shape index (κ2) is 6.74. The van der Waals surface area contributed by atoms with Crippen LogP contribution in [0.2, 0.25) is 0 Å². The van der Waals surface area contributed by atoms with E-state index in [1.54, 1.807) is 24.0 Å². The van der Waals surface area contributed by atoms with E-state index in [0.29, 0.717) is 24.6 Å². The van der Waals surface area contributed by atoms with Crippen LogP contribution in [0.15, 0.2) is 24.5 Å². The van der Waals surface area contributed by atoms with Gasteiger partial charge in [0.15, 0.2) is 0 Å². The number of rotatable bonds is 6. The molecule has 2 aromatic heterocycles. The third-order valence-corrected chi connectivity index (χ3v) is 5.32. The van der Waals surface area contributed by atoms with E-state index < -0.39 is 0 Å². The Morgan fingerprint density at radius 3 is 2.77 bits per heavy atom. The number of piperidine rings is 1. The first kappa shape index (κ1) is 17.1. The van der Waals surface area contributed by atoms with Crippen molar-refractivity contribution < 1.29 is 9.53 Å². The second-order valence-electron chi connectivity index (χ2n) is 7.68. The first-order valence-corrected chi connectivity index (χ1v) is 9.49. The van der Waals surface area contributed by atoms with Crippen molar-refractivity contribution in [3.05, 3.63) is 41.3 Å². The summed E-state index contributed by atoms with van der Waals surface area (Å²) < 4.78 is 6.81. The second-order valence-corrected chi connectivity index (χ2v) is 7.68. The van der Waals surface area contributed by atoms with Crippen LogP contribution < -0.4 is 4.90 Å². The lowest BCUT2D eigenvalue weighted by Gasteiger charge is -2.22. The monoisotopic (exact) mass is 354 g/mol. The molecule has 2 fully saturated rings. The summed E-state index contributed by atoms with van der Waals surface area (Å²) in [6.07, 6.45) is 4.70. The number of carbonyl (C=O) groups excluding carboxylic acids is 1. The van der Waals surface area contributed by atoms with E-state index >= 15 is 0 Å². The number of anilines is 1. The fourth-order valence-corrected chi connectivity index (χ4v) is 3.83. The van der Waals surface area contributed by atoms with Crippen LogP contribution in [0.4, 0.5) is 5.82 Å². The largest absolute Gasteiger partial charge is 0.462 e. The van der Waals surface area contributed by atoms with Crippen LogP contribution >= 0.6 is 0 Å². The average molecular weight is 354 g/mol. The molecule has 6 heteroatoms. The molecule has 0 radical (unpaired) electrons. The Balaban J connectivity index is 1.53. The minimum atomic E-state index is -0.330. The standard InChI is InChI=1S/C20H26N4O2/c1-4-26-20(25)17-8-21-24(12-17)11-14-5-6-18(22-19(14)13(2)3)23-9-15-7-16(15)10-23/h5-6,8,12-13,15-16H,4,7,9-11H2,1-3H3. The smallest absolute Gasteiger partial charge is 0.341 e. The lowest BCUT2D eigenvalue weighted by atomic mass is 10.0. The summed E-state index contributed by atoms with van der Waals surface area (Å²) in [5.41, 5.74) is 2.74. The topological polar surface area (TPSA) is 60.2 Å². The molecule has 1 saturated carbocycles. The molecule has 0 aromatic carbocycles. The normalized spacial score (nSPS) is 21.2. The molecule has 2 atom stereocenters. The molecule has 0 N–H and O–H groups in total. The summed E-state index contributed by atoms with van der Waals surface area (Å²) in [7, 11) is 0. The van der Waals surface area contributed by atoms with Crippen molar-refractivity contribution >= 4 is 11.8 Å². The number of esters is 1. The molecule has 1 aliphatic carbocycles. The molecule has 2 aliphatic rings. The zero-order valence-corrected chi connectivity index (χ0v) is 15.7. The maximum absolute atomic E-state index is 11.8. The molecule has 2 aromatic rings. The maximum Gasteiger partial charge on any atom is 0.341 e. The summed E-state index contributed by atoms with van der Waals surface area (Å²) in [6.45, 7) is 9.41. The predicted molar refractivity (Wildman–Crippen MR) is 99.4 cm³/mol. The van der Waals surface area contributed by atoms with Crippen LogP contribution in [0, 0.1) is 11.8 Å². The first-order valence-electron chi connectivity index (χ1n) is 9.49. The molecule has 4 rings (SSSR count). The van der Waals surface area contributed by atoms with Crippen LogP contribution in [0.3, 0.4) is 0 Å². The van der Waals surface area contributed by atoms with Gasteiger partial charge in [0.25, 0.3) is 0 Å². The van der Waals surface area contributed by atoms with Crippen LogP contribution in [-0.2, 0) is 11.3 Å². The average Bonchev–Trinajstić information content (AvgIpc) is 3.02. The number of ether oxygens (including phenoxy) is 1. The summed E-state index contributed by atoms with van der Waals surface area (Å²) in [4.78, 5) is 19.2. The van der Waals surface area contributed by atoms with Crippen molar-refractivity contribution in [1.82, 2.24) is 14.8 Å². The third-order valence-electron chi connectivity index (χ3n) is 5.32. The van der Waals surface area contributed by atoms with Gasteiger partial charge in [0.1, 0.15) is 5.82 Å². The molecule has 1 saturated heterocycles. The van der Waals surface area contributed by atoms with Gasteiger partial charge in [-0.15, -0.1) is 0 Å². The Morgan fingerprint density at radius 1 is 1.31 bits per heavy atom. The number of hydrogen-bond acceptors (Lipinski definition) is 5. The van der Waals surface area contributed by atoms with E-state index in [-0.39, 0.29) is 5.97 Å². The van der Waals surface area contributed by atoms with Gasteiger partial charge < -0.3 is 9.64 Å². The van der Waals surface area contributed by atoms with Gasteiger partial charge in [0, 0.05) is 19.3 Å². The zero-order chi connectivity index (χ0) is 18.3. The van der Waals surface area contributed by atoms with Crippen LogP contribution in [-0.4, -0.2) is 40.4 Å². The highest BCUT2D eigenvalue weighted by molar-refractivity contribution is 5.88. The van der Waals surface area contributed by atoms with Crippen molar-refractivity contribution in [3.63, 3.8) is 0 Å². The van der Waals surface area contributed by atoms with Gasteiger partial charge in [-0.05, 0) is 42.7 Å². The summed E-state index contributed by atoms with van der Waals surface area (Å²) in [5, 5.41) is 4.31. The molecule has 2 unspecified atom stereocenters. The molecule has 0 spiro atoms. The molecule has 1 aliphatic heterocycles. The Kier molecular flexibility index (Phi) is 4.42. The number of hydrogen-bond donors (Lipinski definition) is 0. The van der Waals surface area contributed by atoms with Crippen LogP contribution in [0.1, 0.15) is 54.7 Å². The fraction of sp³-hybridized carbons (Fsp3) is 0.550. The maximum atomic E-state index is 11.8. The van der Waals surface area contributed by atoms with Gasteiger partial charge in [-0.3, -0.25) is 4.68 Å². The van der Waals surface area contributed by atoms with Gasteiger partial charge in [0.2, 0.25) is 0 Å². The quantitative estimate of drug-likeness (QED) is 0.746. The summed E-state index contributed by atoms with van der Waals surface area (Å²) in [6, 6.07) is 4.29. The zero-order valence-electron chi connectivity index (χ0n) is 15.7. The van der Waals surface area contributed by atoms with E-state index in [2.05, 4.69) is 36.0 Å². The van der Waals surface area contributed by atoms with E-state index in [1.165, 1.54) is 6.42 Å². The lowest BCUT2D eigenvalue weighted by molar-refractivity contribution is 0.0526. The van der Waals surface area contributed by atoms with Gasteiger partial charge >= 0.3 is 5.97 Å². The Labute approximate surface area is 154 Å². The Bertz CT molecular complexity index is 804. The molecule has 0 amide bonds. The number of nitrogens with zero attached hydrogens (tertiary/aromatic N) is 4. The SMILES string of the molecule is CCOC(=O)c1cnn(Cc2ccc(N3CC4CC4C3)nc2C(C)C)c1. The Hall–Kier alpha value is -2.37. The summed E-state index contributed by atoms with van der Waals surface area (Å²) >= 11 is 0. The van der Waals surface area contributed by atoms with E-state index in [0.717, 1.165) is 42.0 Å². The van der Waals surface area contributed by atoms with Gasteiger partial charge in [-0.1, -0.05) is 19.9 Å². The minimum absolute atomic E-state index is 0.330. The van der Waals surface area contributed by atoms with Crippen LogP contribution in [0.25, 0.3) is 0 Å². The minimum Gasteiger partial charge on any atom is -0.462 e. The van der Waals surface area contributed by atoms with Crippen molar-refractivity contribution in [2.24, 2.45) is 11.8 Å². The lowest BCUT2D eigenvalue weighted by Crippen LogP contribution is -2.23. The number of carbonyl (C=O) groups is 1. The van der Waals surface area contributed by atoms with Gasteiger partial charge in [-0.25, -0.2) is 9.78 Å². The molecule has 6 nitrogen and oxygen atoms in total. The Morgan fingerprint density at radius 2 is 2.08 bits per heavy atom. The van der Waals surface area contributed by atoms with Gasteiger partial charge in [0.05, 0.1) is 30.6 Å². The highest BCUT2D eigenvalue weighted by Gasteiger charge is 2.45. The van der Waals surface area contributed by atoms with E-state index in [9.17, 15) is 4.79 Å². The first-order chi connectivity index (χ1) is 12.5. The molecular formula is C20H26N4O2. The van der Waals surface area contributed by atoms with Crippen molar-refractivity contribution in [2.45, 2.75) is 39.7 Å². The molecule has 138 valence electrons. The number of aromatic nitrogens is 3. The highest BCUT2D eigenvalue weighted by atomic mass is 16.5. The van der Waals surface area contributed by atoms with Crippen molar-refractivity contribution in [1.29, 1.82) is 0 Å². The molecule has 3 heterocycles. The number of pyridine rings is 1. The molecular weight excluding hydrogens is 328 g/mol. The fourth-order valence-electron chi connectivity index (χ4n) is 3.83. The molecule has 26 heavy (non-hydrogen) atoms. The van der Waals surface area contributed by atoms with Crippen LogP contribution in [0.5, 0.6) is 0 Å². The third kappa shape index (κ3) is 3.32. The van der Waals surface area contributed by atoms with Gasteiger partial charge in [-0.2, -0.15) is 5.10 Å². The summed E-state index contributed by atoms with van der Waals surface area (Å²) in [5.74, 6) is 2.89. The van der Waals surface area contributed by atoms with Crippen molar-refractivity contribution in [2.75, 3.05) is 24.6 Å². The van der Waals surface area contributed by atoms with E-state index in [1.807, 2.05) is 0 Å². The predicted octanol–water partition coefficient (Wildman–Crippen LogP) is 3.08. The van der Waals surface area contributed by atoms with Crippen molar-refractivity contribution in [3.8, 4) is 0 Å². The van der Waals surface area contributed by atoms with E-state index in [4.69, 9.17) is 9.72 Å². The molecule has 0 bridgehead atoms. The number of fused-ring (bicyclic) bond motifs is 1. The highest BCUT2D eigenvalue weighted by Crippen LogP contribution is 2.46.